The van der Waals surface area contributed by atoms with Crippen LogP contribution in [-0.4, -0.2) is 19.3 Å². The third kappa shape index (κ3) is 3.58. The van der Waals surface area contributed by atoms with Crippen LogP contribution in [0.3, 0.4) is 0 Å². The van der Waals surface area contributed by atoms with Crippen molar-refractivity contribution in [2.24, 2.45) is 0 Å². The summed E-state index contributed by atoms with van der Waals surface area (Å²) in [4.78, 5) is 0. The zero-order valence-electron chi connectivity index (χ0n) is 10.2. The first kappa shape index (κ1) is 13.1. The van der Waals surface area contributed by atoms with E-state index in [1.54, 1.807) is 12.1 Å². The van der Waals surface area contributed by atoms with E-state index in [1.165, 1.54) is 6.07 Å². The van der Waals surface area contributed by atoms with E-state index in [2.05, 4.69) is 5.32 Å². The maximum atomic E-state index is 13.1. The quantitative estimate of drug-likeness (QED) is 0.803. The van der Waals surface area contributed by atoms with Crippen LogP contribution in [0.4, 0.5) is 4.39 Å². The normalized spacial score (nSPS) is 14.8. The van der Waals surface area contributed by atoms with Crippen molar-refractivity contribution in [3.63, 3.8) is 0 Å². The highest BCUT2D eigenvalue weighted by atomic mass is 19.1. The molecule has 0 aliphatic carbocycles. The van der Waals surface area contributed by atoms with Crippen molar-refractivity contribution in [1.29, 1.82) is 0 Å². The van der Waals surface area contributed by atoms with Crippen molar-refractivity contribution in [2.75, 3.05) is 13.2 Å². The molecule has 1 aromatic rings. The summed E-state index contributed by atoms with van der Waals surface area (Å²) in [6.07, 6.45) is 0.0340. The lowest BCUT2D eigenvalue weighted by atomic mass is 10.0. The Hall–Kier alpha value is -0.930. The largest absolute Gasteiger partial charge is 0.377 e. The Morgan fingerprint density at radius 2 is 2.12 bits per heavy atom. The van der Waals surface area contributed by atoms with Crippen LogP contribution in [0.5, 0.6) is 0 Å². The molecular weight excluding hydrogens is 205 g/mol. The summed E-state index contributed by atoms with van der Waals surface area (Å²) in [6, 6.07) is 6.71. The first-order chi connectivity index (χ1) is 7.69. The van der Waals surface area contributed by atoms with Gasteiger partial charge in [-0.1, -0.05) is 19.1 Å². The molecule has 0 aliphatic heterocycles. The van der Waals surface area contributed by atoms with Crippen molar-refractivity contribution in [3.05, 3.63) is 35.6 Å². The van der Waals surface area contributed by atoms with Crippen molar-refractivity contribution < 1.29 is 9.13 Å². The highest BCUT2D eigenvalue weighted by Gasteiger charge is 2.18. The van der Waals surface area contributed by atoms with E-state index in [1.807, 2.05) is 26.8 Å². The molecule has 0 fully saturated rings. The number of halogens is 1. The molecule has 1 aromatic carbocycles. The standard InChI is InChI=1S/C13H20FNO/c1-4-15-13(10(3)16-5-2)11-7-6-8-12(14)9-11/h6-10,13,15H,4-5H2,1-3H3. The van der Waals surface area contributed by atoms with E-state index >= 15 is 0 Å². The molecule has 90 valence electrons. The minimum absolute atomic E-state index is 0.0340. The van der Waals surface area contributed by atoms with Crippen LogP contribution < -0.4 is 5.32 Å². The second-order valence-electron chi connectivity index (χ2n) is 3.75. The van der Waals surface area contributed by atoms with Gasteiger partial charge < -0.3 is 10.1 Å². The summed E-state index contributed by atoms with van der Waals surface area (Å²) in [5.41, 5.74) is 0.933. The molecule has 2 atom stereocenters. The Labute approximate surface area is 96.8 Å². The number of nitrogens with one attached hydrogen (secondary N) is 1. The van der Waals surface area contributed by atoms with Gasteiger partial charge in [-0.3, -0.25) is 0 Å². The molecule has 0 radical (unpaired) electrons. The Balaban J connectivity index is 2.83. The number of hydrogen-bond acceptors (Lipinski definition) is 2. The lowest BCUT2D eigenvalue weighted by molar-refractivity contribution is 0.0476. The molecule has 0 amide bonds. The topological polar surface area (TPSA) is 21.3 Å². The summed E-state index contributed by atoms with van der Waals surface area (Å²) >= 11 is 0. The van der Waals surface area contributed by atoms with Crippen LogP contribution in [0.15, 0.2) is 24.3 Å². The van der Waals surface area contributed by atoms with Crippen molar-refractivity contribution in [3.8, 4) is 0 Å². The molecule has 16 heavy (non-hydrogen) atoms. The van der Waals surface area contributed by atoms with Gasteiger partial charge >= 0.3 is 0 Å². The van der Waals surface area contributed by atoms with E-state index < -0.39 is 0 Å². The van der Waals surface area contributed by atoms with Crippen LogP contribution >= 0.6 is 0 Å². The highest BCUT2D eigenvalue weighted by Crippen LogP contribution is 2.19. The Morgan fingerprint density at radius 3 is 2.69 bits per heavy atom. The number of rotatable bonds is 6. The summed E-state index contributed by atoms with van der Waals surface area (Å²) in [5.74, 6) is -0.205. The van der Waals surface area contributed by atoms with Gasteiger partial charge in [0.2, 0.25) is 0 Å². The Kier molecular flexibility index (Phi) is 5.43. The third-order valence-electron chi connectivity index (χ3n) is 2.53. The van der Waals surface area contributed by atoms with Crippen LogP contribution in [0.1, 0.15) is 32.4 Å². The molecule has 0 bridgehead atoms. The first-order valence-corrected chi connectivity index (χ1v) is 5.79. The van der Waals surface area contributed by atoms with Gasteiger partial charge in [-0.15, -0.1) is 0 Å². The van der Waals surface area contributed by atoms with Gasteiger partial charge in [-0.2, -0.15) is 0 Å². The molecule has 0 aliphatic rings. The molecule has 2 unspecified atom stereocenters. The van der Waals surface area contributed by atoms with Crippen LogP contribution in [0.2, 0.25) is 0 Å². The van der Waals surface area contributed by atoms with Crippen molar-refractivity contribution >= 4 is 0 Å². The van der Waals surface area contributed by atoms with Gasteiger partial charge in [0.1, 0.15) is 5.82 Å². The Bertz CT molecular complexity index is 317. The summed E-state index contributed by atoms with van der Waals surface area (Å²) in [5, 5.41) is 3.32. The molecule has 1 N–H and O–H groups in total. The highest BCUT2D eigenvalue weighted by molar-refractivity contribution is 5.21. The average Bonchev–Trinajstić information content (AvgIpc) is 2.26. The van der Waals surface area contributed by atoms with Crippen LogP contribution in [0, 0.1) is 5.82 Å². The van der Waals surface area contributed by atoms with Gasteiger partial charge in [-0.25, -0.2) is 4.39 Å². The van der Waals surface area contributed by atoms with E-state index in [9.17, 15) is 4.39 Å². The lowest BCUT2D eigenvalue weighted by Crippen LogP contribution is -2.32. The average molecular weight is 225 g/mol. The van der Waals surface area contributed by atoms with Crippen LogP contribution in [-0.2, 0) is 4.74 Å². The monoisotopic (exact) mass is 225 g/mol. The van der Waals surface area contributed by atoms with E-state index in [-0.39, 0.29) is 18.0 Å². The third-order valence-corrected chi connectivity index (χ3v) is 2.53. The van der Waals surface area contributed by atoms with Gasteiger partial charge in [0, 0.05) is 6.61 Å². The van der Waals surface area contributed by atoms with Gasteiger partial charge in [0.05, 0.1) is 12.1 Å². The fourth-order valence-electron chi connectivity index (χ4n) is 1.83. The molecular formula is C13H20FNO. The van der Waals surface area contributed by atoms with E-state index in [0.717, 1.165) is 12.1 Å². The molecule has 3 heteroatoms. The smallest absolute Gasteiger partial charge is 0.123 e. The summed E-state index contributed by atoms with van der Waals surface area (Å²) in [7, 11) is 0. The maximum Gasteiger partial charge on any atom is 0.123 e. The van der Waals surface area contributed by atoms with Gasteiger partial charge in [0.15, 0.2) is 0 Å². The molecule has 1 rings (SSSR count). The second-order valence-corrected chi connectivity index (χ2v) is 3.75. The molecule has 2 nitrogen and oxygen atoms in total. The fraction of sp³-hybridized carbons (Fsp3) is 0.538. The van der Waals surface area contributed by atoms with E-state index in [0.29, 0.717) is 6.61 Å². The summed E-state index contributed by atoms with van der Waals surface area (Å²) < 4.78 is 18.7. The number of ether oxygens (including phenoxy) is 1. The number of likely N-dealkylation sites (N-methyl/N-ethyl adjacent to an activating group) is 1. The lowest BCUT2D eigenvalue weighted by Gasteiger charge is -2.25. The van der Waals surface area contributed by atoms with Gasteiger partial charge in [-0.05, 0) is 38.1 Å². The fourth-order valence-corrected chi connectivity index (χ4v) is 1.83. The van der Waals surface area contributed by atoms with E-state index in [4.69, 9.17) is 4.74 Å². The number of hydrogen-bond donors (Lipinski definition) is 1. The maximum absolute atomic E-state index is 13.1. The van der Waals surface area contributed by atoms with Crippen molar-refractivity contribution in [2.45, 2.75) is 32.9 Å². The van der Waals surface area contributed by atoms with Crippen molar-refractivity contribution in [1.82, 2.24) is 5.32 Å². The Morgan fingerprint density at radius 1 is 1.38 bits per heavy atom. The first-order valence-electron chi connectivity index (χ1n) is 5.79. The predicted molar refractivity (Wildman–Crippen MR) is 63.9 cm³/mol. The van der Waals surface area contributed by atoms with Crippen LogP contribution in [0.25, 0.3) is 0 Å². The molecule has 0 heterocycles. The van der Waals surface area contributed by atoms with Gasteiger partial charge in [0.25, 0.3) is 0 Å². The predicted octanol–water partition coefficient (Wildman–Crippen LogP) is 2.90. The number of benzene rings is 1. The minimum atomic E-state index is -0.205. The zero-order valence-corrected chi connectivity index (χ0v) is 10.2. The molecule has 0 spiro atoms. The molecule has 0 aromatic heterocycles. The molecule has 0 saturated carbocycles. The molecule has 0 saturated heterocycles. The SMILES string of the molecule is CCNC(c1cccc(F)c1)C(C)OCC. The summed E-state index contributed by atoms with van der Waals surface area (Å²) in [6.45, 7) is 7.49. The second kappa shape index (κ2) is 6.61. The zero-order chi connectivity index (χ0) is 12.0. The minimum Gasteiger partial charge on any atom is -0.377 e.